The monoisotopic (exact) mass is 224 g/mol. The van der Waals surface area contributed by atoms with Crippen LogP contribution in [0.3, 0.4) is 0 Å². The van der Waals surface area contributed by atoms with Crippen molar-refractivity contribution in [3.05, 3.63) is 0 Å². The fourth-order valence-corrected chi connectivity index (χ4v) is 3.32. The van der Waals surface area contributed by atoms with Crippen LogP contribution in [0.5, 0.6) is 0 Å². The summed E-state index contributed by atoms with van der Waals surface area (Å²) in [6, 6.07) is 0.373. The van der Waals surface area contributed by atoms with Gasteiger partial charge in [-0.1, -0.05) is 6.42 Å². The standard InChI is InChI=1S/C12H20N2O2/c15-12(13-11-4-5-16-8-11)14-6-9-2-1-3-10(9)7-14/h9-11H,1-8H2,(H,13,15). The number of hydrogen-bond acceptors (Lipinski definition) is 2. The maximum Gasteiger partial charge on any atom is 0.317 e. The molecule has 16 heavy (non-hydrogen) atoms. The summed E-state index contributed by atoms with van der Waals surface area (Å²) in [5.74, 6) is 1.57. The Balaban J connectivity index is 1.51. The van der Waals surface area contributed by atoms with Gasteiger partial charge in [0.25, 0.3) is 0 Å². The van der Waals surface area contributed by atoms with E-state index < -0.39 is 0 Å². The molecule has 0 spiro atoms. The van der Waals surface area contributed by atoms with Gasteiger partial charge in [0.05, 0.1) is 12.6 Å². The molecule has 3 fully saturated rings. The molecule has 0 radical (unpaired) electrons. The van der Waals surface area contributed by atoms with Gasteiger partial charge in [0.15, 0.2) is 0 Å². The quantitative estimate of drug-likeness (QED) is 0.727. The first-order chi connectivity index (χ1) is 7.83. The van der Waals surface area contributed by atoms with Gasteiger partial charge in [-0.3, -0.25) is 0 Å². The molecular formula is C12H20N2O2. The molecule has 1 N–H and O–H groups in total. The van der Waals surface area contributed by atoms with Crippen LogP contribution in [0.15, 0.2) is 0 Å². The minimum absolute atomic E-state index is 0.130. The topological polar surface area (TPSA) is 41.6 Å². The van der Waals surface area contributed by atoms with E-state index in [1.807, 2.05) is 4.90 Å². The van der Waals surface area contributed by atoms with E-state index in [2.05, 4.69) is 5.32 Å². The lowest BCUT2D eigenvalue weighted by molar-refractivity contribution is 0.181. The lowest BCUT2D eigenvalue weighted by Crippen LogP contribution is -2.44. The lowest BCUT2D eigenvalue weighted by atomic mass is 10.0. The molecule has 1 aliphatic carbocycles. The lowest BCUT2D eigenvalue weighted by Gasteiger charge is -2.20. The Bertz CT molecular complexity index is 264. The molecule has 3 rings (SSSR count). The van der Waals surface area contributed by atoms with E-state index in [0.29, 0.717) is 6.61 Å². The zero-order valence-corrected chi connectivity index (χ0v) is 9.65. The molecule has 90 valence electrons. The number of carbonyl (C=O) groups excluding carboxylic acids is 1. The highest BCUT2D eigenvalue weighted by atomic mass is 16.5. The van der Waals surface area contributed by atoms with E-state index >= 15 is 0 Å². The molecule has 0 aromatic rings. The number of amides is 2. The van der Waals surface area contributed by atoms with Crippen molar-refractivity contribution in [2.45, 2.75) is 31.7 Å². The van der Waals surface area contributed by atoms with Gasteiger partial charge in [-0.05, 0) is 31.1 Å². The second-order valence-corrected chi connectivity index (χ2v) is 5.37. The highest BCUT2D eigenvalue weighted by Gasteiger charge is 2.38. The fraction of sp³-hybridized carbons (Fsp3) is 0.917. The Kier molecular flexibility index (Phi) is 2.75. The minimum Gasteiger partial charge on any atom is -0.379 e. The van der Waals surface area contributed by atoms with Crippen molar-refractivity contribution in [3.63, 3.8) is 0 Å². The summed E-state index contributed by atoms with van der Waals surface area (Å²) in [5, 5.41) is 3.07. The summed E-state index contributed by atoms with van der Waals surface area (Å²) in [5.41, 5.74) is 0. The zero-order valence-electron chi connectivity index (χ0n) is 9.65. The highest BCUT2D eigenvalue weighted by molar-refractivity contribution is 5.75. The number of ether oxygens (including phenoxy) is 1. The number of rotatable bonds is 1. The maximum atomic E-state index is 12.0. The van der Waals surface area contributed by atoms with Gasteiger partial charge >= 0.3 is 6.03 Å². The normalized spacial score (nSPS) is 37.8. The summed E-state index contributed by atoms with van der Waals surface area (Å²) >= 11 is 0. The molecule has 4 heteroatoms. The van der Waals surface area contributed by atoms with Crippen molar-refractivity contribution in [1.82, 2.24) is 10.2 Å². The Labute approximate surface area is 96.3 Å². The number of likely N-dealkylation sites (tertiary alicyclic amines) is 1. The predicted octanol–water partition coefficient (Wildman–Crippen LogP) is 1.22. The van der Waals surface area contributed by atoms with Gasteiger partial charge in [-0.15, -0.1) is 0 Å². The number of carbonyl (C=O) groups is 1. The predicted molar refractivity (Wildman–Crippen MR) is 60.2 cm³/mol. The summed E-state index contributed by atoms with van der Waals surface area (Å²) in [4.78, 5) is 14.0. The molecule has 1 saturated carbocycles. The smallest absolute Gasteiger partial charge is 0.317 e. The number of nitrogens with one attached hydrogen (secondary N) is 1. The van der Waals surface area contributed by atoms with Crippen molar-refractivity contribution < 1.29 is 9.53 Å². The Hall–Kier alpha value is -0.770. The average Bonchev–Trinajstić information content (AvgIpc) is 2.91. The second kappa shape index (κ2) is 4.24. The molecule has 0 aromatic carbocycles. The van der Waals surface area contributed by atoms with Gasteiger partial charge in [0.2, 0.25) is 0 Å². The minimum atomic E-state index is 0.130. The molecule has 2 heterocycles. The van der Waals surface area contributed by atoms with Crippen molar-refractivity contribution in [3.8, 4) is 0 Å². The van der Waals surface area contributed by atoms with Crippen molar-refractivity contribution >= 4 is 6.03 Å². The first kappa shape index (κ1) is 10.4. The third-order valence-corrected chi connectivity index (χ3v) is 4.27. The van der Waals surface area contributed by atoms with Crippen LogP contribution in [0, 0.1) is 11.8 Å². The van der Waals surface area contributed by atoms with Gasteiger partial charge in [0, 0.05) is 19.7 Å². The Morgan fingerprint density at radius 1 is 1.19 bits per heavy atom. The van der Waals surface area contributed by atoms with Crippen molar-refractivity contribution in [2.24, 2.45) is 11.8 Å². The number of fused-ring (bicyclic) bond motifs is 1. The third-order valence-electron chi connectivity index (χ3n) is 4.27. The Morgan fingerprint density at radius 3 is 2.56 bits per heavy atom. The first-order valence-corrected chi connectivity index (χ1v) is 6.46. The van der Waals surface area contributed by atoms with Crippen LogP contribution in [0.25, 0.3) is 0 Å². The summed E-state index contributed by atoms with van der Waals surface area (Å²) in [6.07, 6.45) is 4.97. The molecule has 2 amide bonds. The van der Waals surface area contributed by atoms with Crippen LogP contribution in [0.4, 0.5) is 4.79 Å². The molecule has 0 bridgehead atoms. The molecule has 3 atom stereocenters. The maximum absolute atomic E-state index is 12.0. The molecule has 2 aliphatic heterocycles. The van der Waals surface area contributed by atoms with Crippen molar-refractivity contribution in [2.75, 3.05) is 26.3 Å². The molecule has 3 unspecified atom stereocenters. The zero-order chi connectivity index (χ0) is 11.0. The van der Waals surface area contributed by atoms with E-state index in [-0.39, 0.29) is 12.1 Å². The van der Waals surface area contributed by atoms with Gasteiger partial charge in [0.1, 0.15) is 0 Å². The van der Waals surface area contributed by atoms with Crippen LogP contribution in [0.2, 0.25) is 0 Å². The molecule has 4 nitrogen and oxygen atoms in total. The van der Waals surface area contributed by atoms with E-state index in [9.17, 15) is 4.79 Å². The van der Waals surface area contributed by atoms with E-state index in [4.69, 9.17) is 4.74 Å². The Morgan fingerprint density at radius 2 is 1.94 bits per heavy atom. The van der Waals surface area contributed by atoms with Gasteiger partial charge in [-0.25, -0.2) is 4.79 Å². The molecule has 3 aliphatic rings. The number of urea groups is 1. The number of nitrogens with zero attached hydrogens (tertiary/aromatic N) is 1. The average molecular weight is 224 g/mol. The van der Waals surface area contributed by atoms with Gasteiger partial charge < -0.3 is 15.0 Å². The third kappa shape index (κ3) is 1.90. The van der Waals surface area contributed by atoms with E-state index in [1.165, 1.54) is 19.3 Å². The van der Waals surface area contributed by atoms with E-state index in [0.717, 1.165) is 38.0 Å². The number of hydrogen-bond donors (Lipinski definition) is 1. The summed E-state index contributed by atoms with van der Waals surface area (Å²) in [6.45, 7) is 3.43. The summed E-state index contributed by atoms with van der Waals surface area (Å²) in [7, 11) is 0. The van der Waals surface area contributed by atoms with Crippen molar-refractivity contribution in [1.29, 1.82) is 0 Å². The molecule has 0 aromatic heterocycles. The molecule has 2 saturated heterocycles. The fourth-order valence-electron chi connectivity index (χ4n) is 3.32. The first-order valence-electron chi connectivity index (χ1n) is 6.46. The van der Waals surface area contributed by atoms with Gasteiger partial charge in [-0.2, -0.15) is 0 Å². The largest absolute Gasteiger partial charge is 0.379 e. The van der Waals surface area contributed by atoms with E-state index in [1.54, 1.807) is 0 Å². The van der Waals surface area contributed by atoms with Crippen LogP contribution < -0.4 is 5.32 Å². The van der Waals surface area contributed by atoms with Crippen LogP contribution >= 0.6 is 0 Å². The SMILES string of the molecule is O=C(NC1CCOC1)N1CC2CCCC2C1. The molecular weight excluding hydrogens is 204 g/mol. The van der Waals surface area contributed by atoms with Crippen LogP contribution in [-0.2, 0) is 4.74 Å². The summed E-state index contributed by atoms with van der Waals surface area (Å²) < 4.78 is 5.26. The highest BCUT2D eigenvalue weighted by Crippen LogP contribution is 2.37. The van der Waals surface area contributed by atoms with Crippen LogP contribution in [0.1, 0.15) is 25.7 Å². The van der Waals surface area contributed by atoms with Crippen LogP contribution in [-0.4, -0.2) is 43.3 Å². The second-order valence-electron chi connectivity index (χ2n) is 5.37.